The molecule has 1 N–H and O–H groups in total. The van der Waals surface area contributed by atoms with Gasteiger partial charge in [-0.1, -0.05) is 39.3 Å². The van der Waals surface area contributed by atoms with E-state index in [0.29, 0.717) is 16.5 Å². The van der Waals surface area contributed by atoms with E-state index in [1.807, 2.05) is 0 Å². The molecule has 0 fully saturated rings. The van der Waals surface area contributed by atoms with Gasteiger partial charge in [-0.25, -0.2) is 0 Å². The standard InChI is InChI=1S/C14H18ClNO3/c1-8(2)13(17)16-11-7-10(15)5-6-12(11)19-14(18)9(3)4/h5-9H,1-4H3,(H,16,17). The highest BCUT2D eigenvalue weighted by molar-refractivity contribution is 6.31. The van der Waals surface area contributed by atoms with Gasteiger partial charge in [-0.3, -0.25) is 9.59 Å². The first-order valence-corrected chi connectivity index (χ1v) is 6.51. The Morgan fingerprint density at radius 1 is 1.16 bits per heavy atom. The third-order valence-corrected chi connectivity index (χ3v) is 2.64. The summed E-state index contributed by atoms with van der Waals surface area (Å²) in [7, 11) is 0. The van der Waals surface area contributed by atoms with E-state index < -0.39 is 0 Å². The summed E-state index contributed by atoms with van der Waals surface area (Å²) < 4.78 is 5.23. The molecule has 5 heteroatoms. The Balaban J connectivity index is 2.98. The van der Waals surface area contributed by atoms with Crippen molar-refractivity contribution in [1.82, 2.24) is 0 Å². The topological polar surface area (TPSA) is 55.4 Å². The fourth-order valence-corrected chi connectivity index (χ4v) is 1.36. The fraction of sp³-hybridized carbons (Fsp3) is 0.429. The molecule has 0 aliphatic rings. The van der Waals surface area contributed by atoms with Crippen LogP contribution < -0.4 is 10.1 Å². The van der Waals surface area contributed by atoms with Crippen LogP contribution in [0.5, 0.6) is 5.75 Å². The number of rotatable bonds is 4. The predicted octanol–water partition coefficient (Wildman–Crippen LogP) is 3.50. The Morgan fingerprint density at radius 3 is 2.32 bits per heavy atom. The zero-order chi connectivity index (χ0) is 14.6. The van der Waals surface area contributed by atoms with Crippen molar-refractivity contribution in [3.05, 3.63) is 23.2 Å². The number of esters is 1. The summed E-state index contributed by atoms with van der Waals surface area (Å²) in [6, 6.07) is 4.73. The molecule has 1 aromatic rings. The van der Waals surface area contributed by atoms with Crippen LogP contribution >= 0.6 is 11.6 Å². The number of carbonyl (C=O) groups is 2. The van der Waals surface area contributed by atoms with Crippen LogP contribution in [0.2, 0.25) is 5.02 Å². The Labute approximate surface area is 118 Å². The molecule has 1 aromatic carbocycles. The van der Waals surface area contributed by atoms with Crippen LogP contribution in [0.1, 0.15) is 27.7 Å². The third-order valence-electron chi connectivity index (χ3n) is 2.41. The largest absolute Gasteiger partial charge is 0.424 e. The number of hydrogen-bond donors (Lipinski definition) is 1. The van der Waals surface area contributed by atoms with E-state index >= 15 is 0 Å². The lowest BCUT2D eigenvalue weighted by atomic mass is 10.2. The van der Waals surface area contributed by atoms with Gasteiger partial charge < -0.3 is 10.1 Å². The maximum Gasteiger partial charge on any atom is 0.313 e. The Hall–Kier alpha value is -1.55. The molecule has 19 heavy (non-hydrogen) atoms. The quantitative estimate of drug-likeness (QED) is 0.680. The van der Waals surface area contributed by atoms with Gasteiger partial charge in [0.2, 0.25) is 5.91 Å². The Morgan fingerprint density at radius 2 is 1.79 bits per heavy atom. The highest BCUT2D eigenvalue weighted by Gasteiger charge is 2.15. The predicted molar refractivity (Wildman–Crippen MR) is 75.4 cm³/mol. The van der Waals surface area contributed by atoms with E-state index in [2.05, 4.69) is 5.32 Å². The van der Waals surface area contributed by atoms with Gasteiger partial charge in [0.05, 0.1) is 11.6 Å². The van der Waals surface area contributed by atoms with E-state index in [0.717, 1.165) is 0 Å². The van der Waals surface area contributed by atoms with Crippen LogP contribution in [0, 0.1) is 11.8 Å². The lowest BCUT2D eigenvalue weighted by Crippen LogP contribution is -2.20. The van der Waals surface area contributed by atoms with Crippen LogP contribution in [-0.4, -0.2) is 11.9 Å². The maximum absolute atomic E-state index is 11.7. The first kappa shape index (κ1) is 15.5. The number of amides is 1. The van der Waals surface area contributed by atoms with Crippen molar-refractivity contribution in [2.24, 2.45) is 11.8 Å². The normalized spacial score (nSPS) is 10.7. The number of benzene rings is 1. The van der Waals surface area contributed by atoms with Crippen LogP contribution in [0.15, 0.2) is 18.2 Å². The number of halogens is 1. The third kappa shape index (κ3) is 4.56. The summed E-state index contributed by atoms with van der Waals surface area (Å²) in [5.74, 6) is -0.638. The smallest absolute Gasteiger partial charge is 0.313 e. The van der Waals surface area contributed by atoms with Crippen LogP contribution in [-0.2, 0) is 9.59 Å². The summed E-state index contributed by atoms with van der Waals surface area (Å²) in [6.45, 7) is 7.04. The minimum Gasteiger partial charge on any atom is -0.424 e. The second kappa shape index (κ2) is 6.57. The van der Waals surface area contributed by atoms with Gasteiger partial charge in [-0.05, 0) is 18.2 Å². The van der Waals surface area contributed by atoms with Gasteiger partial charge in [-0.15, -0.1) is 0 Å². The molecule has 0 unspecified atom stereocenters. The molecular formula is C14H18ClNO3. The van der Waals surface area contributed by atoms with E-state index in [1.165, 1.54) is 0 Å². The number of nitrogens with one attached hydrogen (secondary N) is 1. The SMILES string of the molecule is CC(C)C(=O)Nc1cc(Cl)ccc1OC(=O)C(C)C. The fourth-order valence-electron chi connectivity index (χ4n) is 1.19. The zero-order valence-electron chi connectivity index (χ0n) is 11.5. The molecule has 0 aliphatic heterocycles. The van der Waals surface area contributed by atoms with E-state index in [-0.39, 0.29) is 23.7 Å². The monoisotopic (exact) mass is 283 g/mol. The molecule has 1 rings (SSSR count). The summed E-state index contributed by atoms with van der Waals surface area (Å²) in [5.41, 5.74) is 0.403. The first-order valence-electron chi connectivity index (χ1n) is 6.13. The highest BCUT2D eigenvalue weighted by Crippen LogP contribution is 2.29. The van der Waals surface area contributed by atoms with Crippen LogP contribution in [0.4, 0.5) is 5.69 Å². The molecule has 0 bridgehead atoms. The number of carbonyl (C=O) groups excluding carboxylic acids is 2. The van der Waals surface area contributed by atoms with Crippen molar-refractivity contribution in [1.29, 1.82) is 0 Å². The zero-order valence-corrected chi connectivity index (χ0v) is 12.2. The maximum atomic E-state index is 11.7. The van der Waals surface area contributed by atoms with Crippen molar-refractivity contribution in [3.8, 4) is 5.75 Å². The van der Waals surface area contributed by atoms with Gasteiger partial charge in [0, 0.05) is 10.9 Å². The van der Waals surface area contributed by atoms with Crippen molar-refractivity contribution in [2.75, 3.05) is 5.32 Å². The summed E-state index contributed by atoms with van der Waals surface area (Å²) >= 11 is 5.89. The number of hydrogen-bond acceptors (Lipinski definition) is 3. The molecule has 0 saturated carbocycles. The molecule has 0 atom stereocenters. The van der Waals surface area contributed by atoms with E-state index in [9.17, 15) is 9.59 Å². The summed E-state index contributed by atoms with van der Waals surface area (Å²) in [4.78, 5) is 23.3. The van der Waals surface area contributed by atoms with Crippen molar-refractivity contribution < 1.29 is 14.3 Å². The molecule has 0 radical (unpaired) electrons. The molecule has 0 heterocycles. The molecule has 1 amide bonds. The molecule has 0 saturated heterocycles. The average Bonchev–Trinajstić information content (AvgIpc) is 2.32. The molecule has 4 nitrogen and oxygen atoms in total. The average molecular weight is 284 g/mol. The second-order valence-corrected chi connectivity index (χ2v) is 5.30. The lowest BCUT2D eigenvalue weighted by Gasteiger charge is -2.14. The molecule has 0 aliphatic carbocycles. The van der Waals surface area contributed by atoms with Crippen LogP contribution in [0.25, 0.3) is 0 Å². The van der Waals surface area contributed by atoms with Gasteiger partial charge >= 0.3 is 5.97 Å². The van der Waals surface area contributed by atoms with E-state index in [1.54, 1.807) is 45.9 Å². The van der Waals surface area contributed by atoms with Crippen molar-refractivity contribution in [3.63, 3.8) is 0 Å². The highest BCUT2D eigenvalue weighted by atomic mass is 35.5. The number of anilines is 1. The molecule has 104 valence electrons. The van der Waals surface area contributed by atoms with Crippen molar-refractivity contribution >= 4 is 29.2 Å². The molecular weight excluding hydrogens is 266 g/mol. The van der Waals surface area contributed by atoms with Crippen molar-refractivity contribution in [2.45, 2.75) is 27.7 Å². The van der Waals surface area contributed by atoms with Gasteiger partial charge in [-0.2, -0.15) is 0 Å². The van der Waals surface area contributed by atoms with Gasteiger partial charge in [0.15, 0.2) is 5.75 Å². The van der Waals surface area contributed by atoms with E-state index in [4.69, 9.17) is 16.3 Å². The molecule has 0 spiro atoms. The summed E-state index contributed by atoms with van der Waals surface area (Å²) in [5, 5.41) is 3.16. The number of ether oxygens (including phenoxy) is 1. The minimum absolute atomic E-state index is 0.163. The van der Waals surface area contributed by atoms with Crippen LogP contribution in [0.3, 0.4) is 0 Å². The Bertz CT molecular complexity index is 484. The lowest BCUT2D eigenvalue weighted by molar-refractivity contribution is -0.137. The first-order chi connectivity index (χ1) is 8.81. The minimum atomic E-state index is -0.359. The van der Waals surface area contributed by atoms with Gasteiger partial charge in [0.1, 0.15) is 0 Å². The van der Waals surface area contributed by atoms with Gasteiger partial charge in [0.25, 0.3) is 0 Å². The summed E-state index contributed by atoms with van der Waals surface area (Å²) in [6.07, 6.45) is 0. The molecule has 0 aromatic heterocycles. The second-order valence-electron chi connectivity index (χ2n) is 4.86. The Kier molecular flexibility index (Phi) is 5.36.